The average Bonchev–Trinajstić information content (AvgIpc) is 2.26. The maximum absolute atomic E-state index is 12.0. The number of nitrogens with one attached hydrogen (secondary N) is 1. The summed E-state index contributed by atoms with van der Waals surface area (Å²) in [6.45, 7) is 13.8. The van der Waals surface area contributed by atoms with Crippen LogP contribution >= 0.6 is 0 Å². The molecule has 20 heavy (non-hydrogen) atoms. The van der Waals surface area contributed by atoms with Gasteiger partial charge in [-0.3, -0.25) is 4.79 Å². The summed E-state index contributed by atoms with van der Waals surface area (Å²) >= 11 is 0. The van der Waals surface area contributed by atoms with Gasteiger partial charge in [0.2, 0.25) is 0 Å². The molecule has 1 saturated carbocycles. The fraction of sp³-hybridized carbons (Fsp3) is 0.941. The maximum atomic E-state index is 12.0. The monoisotopic (exact) mass is 283 g/mol. The van der Waals surface area contributed by atoms with Crippen molar-refractivity contribution in [3.05, 3.63) is 0 Å². The Morgan fingerprint density at radius 3 is 2.50 bits per heavy atom. The minimum atomic E-state index is -0.0495. The molecule has 0 aromatic carbocycles. The van der Waals surface area contributed by atoms with Crippen LogP contribution in [0.5, 0.6) is 0 Å². The Morgan fingerprint density at radius 1 is 1.30 bits per heavy atom. The summed E-state index contributed by atoms with van der Waals surface area (Å²) in [6.07, 6.45) is 4.08. The van der Waals surface area contributed by atoms with Crippen molar-refractivity contribution in [2.45, 2.75) is 78.9 Å². The molecule has 0 aromatic heterocycles. The smallest absolute Gasteiger partial charge is 0.307 e. The van der Waals surface area contributed by atoms with E-state index in [-0.39, 0.29) is 17.6 Å². The zero-order valence-electron chi connectivity index (χ0n) is 14.2. The SMILES string of the molecule is CC1CCC(C(C)C)C(OC(=O)CCNC(C)(C)C)C1. The number of hydrogen-bond donors (Lipinski definition) is 1. The number of esters is 1. The summed E-state index contributed by atoms with van der Waals surface area (Å²) in [5.74, 6) is 1.75. The van der Waals surface area contributed by atoms with E-state index in [1.165, 1.54) is 12.8 Å². The molecular weight excluding hydrogens is 250 g/mol. The van der Waals surface area contributed by atoms with Crippen molar-refractivity contribution in [1.82, 2.24) is 5.32 Å². The second-order valence-corrected chi connectivity index (χ2v) is 7.78. The second-order valence-electron chi connectivity index (χ2n) is 7.78. The van der Waals surface area contributed by atoms with Crippen molar-refractivity contribution >= 4 is 5.97 Å². The molecule has 1 N–H and O–H groups in total. The molecular formula is C17H33NO2. The van der Waals surface area contributed by atoms with Gasteiger partial charge in [0.15, 0.2) is 0 Å². The van der Waals surface area contributed by atoms with Gasteiger partial charge in [-0.1, -0.05) is 27.2 Å². The standard InChI is InChI=1S/C17H33NO2/c1-12(2)14-8-7-13(3)11-15(14)20-16(19)9-10-18-17(4,5)6/h12-15,18H,7-11H2,1-6H3. The number of carbonyl (C=O) groups is 1. The molecule has 3 atom stereocenters. The summed E-state index contributed by atoms with van der Waals surface area (Å²) in [5.41, 5.74) is 0.0557. The molecule has 0 aliphatic heterocycles. The molecule has 1 aliphatic rings. The number of rotatable bonds is 5. The summed E-state index contributed by atoms with van der Waals surface area (Å²) in [4.78, 5) is 12.0. The van der Waals surface area contributed by atoms with E-state index in [0.717, 1.165) is 6.42 Å². The molecule has 1 aliphatic carbocycles. The van der Waals surface area contributed by atoms with Crippen molar-refractivity contribution in [3.63, 3.8) is 0 Å². The molecule has 1 rings (SSSR count). The average molecular weight is 283 g/mol. The van der Waals surface area contributed by atoms with Gasteiger partial charge in [-0.15, -0.1) is 0 Å². The Kier molecular flexibility index (Phi) is 6.50. The Bertz CT molecular complexity index is 307. The highest BCUT2D eigenvalue weighted by molar-refractivity contribution is 5.69. The summed E-state index contributed by atoms with van der Waals surface area (Å²) < 4.78 is 5.77. The highest BCUT2D eigenvalue weighted by atomic mass is 16.5. The van der Waals surface area contributed by atoms with E-state index >= 15 is 0 Å². The molecule has 0 aromatic rings. The first-order chi connectivity index (χ1) is 9.19. The van der Waals surface area contributed by atoms with Gasteiger partial charge in [0.25, 0.3) is 0 Å². The molecule has 3 nitrogen and oxygen atoms in total. The topological polar surface area (TPSA) is 38.3 Å². The van der Waals surface area contributed by atoms with Gasteiger partial charge >= 0.3 is 5.97 Å². The first-order valence-electron chi connectivity index (χ1n) is 8.13. The Morgan fingerprint density at radius 2 is 1.95 bits per heavy atom. The van der Waals surface area contributed by atoms with E-state index in [1.54, 1.807) is 0 Å². The lowest BCUT2D eigenvalue weighted by Crippen LogP contribution is -2.39. The van der Waals surface area contributed by atoms with E-state index in [0.29, 0.717) is 30.7 Å². The zero-order chi connectivity index (χ0) is 15.3. The lowest BCUT2D eigenvalue weighted by Gasteiger charge is -2.36. The quantitative estimate of drug-likeness (QED) is 0.781. The lowest BCUT2D eigenvalue weighted by molar-refractivity contribution is -0.155. The van der Waals surface area contributed by atoms with Crippen LogP contribution in [-0.4, -0.2) is 24.2 Å². The summed E-state index contributed by atoms with van der Waals surface area (Å²) in [5, 5.41) is 3.33. The van der Waals surface area contributed by atoms with E-state index < -0.39 is 0 Å². The van der Waals surface area contributed by atoms with Gasteiger partial charge < -0.3 is 10.1 Å². The van der Waals surface area contributed by atoms with Crippen LogP contribution in [0.15, 0.2) is 0 Å². The fourth-order valence-corrected chi connectivity index (χ4v) is 3.02. The molecule has 0 bridgehead atoms. The van der Waals surface area contributed by atoms with Gasteiger partial charge in [-0.25, -0.2) is 0 Å². The van der Waals surface area contributed by atoms with Crippen LogP contribution in [0.3, 0.4) is 0 Å². The second kappa shape index (κ2) is 7.44. The van der Waals surface area contributed by atoms with Crippen LogP contribution < -0.4 is 5.32 Å². The van der Waals surface area contributed by atoms with E-state index in [1.807, 2.05) is 0 Å². The van der Waals surface area contributed by atoms with Crippen LogP contribution in [-0.2, 0) is 9.53 Å². The Hall–Kier alpha value is -0.570. The van der Waals surface area contributed by atoms with E-state index in [9.17, 15) is 4.79 Å². The lowest BCUT2D eigenvalue weighted by atomic mass is 9.75. The zero-order valence-corrected chi connectivity index (χ0v) is 14.2. The number of hydrogen-bond acceptors (Lipinski definition) is 3. The first-order valence-corrected chi connectivity index (χ1v) is 8.13. The van der Waals surface area contributed by atoms with Crippen LogP contribution in [0.4, 0.5) is 0 Å². The van der Waals surface area contributed by atoms with Crippen molar-refractivity contribution in [2.75, 3.05) is 6.54 Å². The van der Waals surface area contributed by atoms with Gasteiger partial charge in [0, 0.05) is 12.1 Å². The summed E-state index contributed by atoms with van der Waals surface area (Å²) in [6, 6.07) is 0. The van der Waals surface area contributed by atoms with Crippen LogP contribution in [0.25, 0.3) is 0 Å². The normalized spacial score (nSPS) is 27.6. The molecule has 0 spiro atoms. The third-order valence-corrected chi connectivity index (χ3v) is 4.23. The van der Waals surface area contributed by atoms with Gasteiger partial charge in [-0.2, -0.15) is 0 Å². The number of carbonyl (C=O) groups excluding carboxylic acids is 1. The largest absolute Gasteiger partial charge is 0.462 e. The van der Waals surface area contributed by atoms with Crippen molar-refractivity contribution < 1.29 is 9.53 Å². The predicted molar refractivity (Wildman–Crippen MR) is 83.6 cm³/mol. The molecule has 3 unspecified atom stereocenters. The molecule has 3 heteroatoms. The van der Waals surface area contributed by atoms with Crippen molar-refractivity contribution in [2.24, 2.45) is 17.8 Å². The third kappa shape index (κ3) is 6.25. The van der Waals surface area contributed by atoms with Crippen LogP contribution in [0.2, 0.25) is 0 Å². The number of ether oxygens (including phenoxy) is 1. The Labute approximate surface area is 124 Å². The van der Waals surface area contributed by atoms with Crippen LogP contribution in [0.1, 0.15) is 67.2 Å². The molecule has 0 heterocycles. The molecule has 0 saturated heterocycles. The van der Waals surface area contributed by atoms with Crippen LogP contribution in [0, 0.1) is 17.8 Å². The highest BCUT2D eigenvalue weighted by Crippen LogP contribution is 2.35. The molecule has 118 valence electrons. The van der Waals surface area contributed by atoms with Gasteiger partial charge in [0.1, 0.15) is 6.10 Å². The van der Waals surface area contributed by atoms with Crippen molar-refractivity contribution in [3.8, 4) is 0 Å². The molecule has 0 radical (unpaired) electrons. The summed E-state index contributed by atoms with van der Waals surface area (Å²) in [7, 11) is 0. The molecule has 0 amide bonds. The van der Waals surface area contributed by atoms with E-state index in [4.69, 9.17) is 4.74 Å². The first kappa shape index (κ1) is 17.5. The minimum Gasteiger partial charge on any atom is -0.462 e. The fourth-order valence-electron chi connectivity index (χ4n) is 3.02. The van der Waals surface area contributed by atoms with E-state index in [2.05, 4.69) is 46.9 Å². The minimum absolute atomic E-state index is 0.0495. The van der Waals surface area contributed by atoms with Gasteiger partial charge in [0.05, 0.1) is 6.42 Å². The highest BCUT2D eigenvalue weighted by Gasteiger charge is 2.33. The van der Waals surface area contributed by atoms with Crippen molar-refractivity contribution in [1.29, 1.82) is 0 Å². The third-order valence-electron chi connectivity index (χ3n) is 4.23. The maximum Gasteiger partial charge on any atom is 0.307 e. The predicted octanol–water partition coefficient (Wildman–Crippen LogP) is 3.77. The molecule has 1 fully saturated rings. The Balaban J connectivity index is 2.41. The van der Waals surface area contributed by atoms with Gasteiger partial charge in [-0.05, 0) is 51.4 Å².